The number of methoxy groups -OCH3 is 1. The van der Waals surface area contributed by atoms with Crippen molar-refractivity contribution in [1.29, 1.82) is 0 Å². The topological polar surface area (TPSA) is 87.2 Å². The third kappa shape index (κ3) is 3.31. The maximum atomic E-state index is 12.7. The van der Waals surface area contributed by atoms with Crippen LogP contribution < -0.4 is 9.64 Å². The van der Waals surface area contributed by atoms with Gasteiger partial charge in [0.1, 0.15) is 5.75 Å². The Bertz CT molecular complexity index is 687. The highest BCUT2D eigenvalue weighted by molar-refractivity contribution is 6.00. The Kier molecular flexibility index (Phi) is 4.65. The summed E-state index contributed by atoms with van der Waals surface area (Å²) in [6.45, 7) is 2.83. The molecule has 2 aliphatic heterocycles. The highest BCUT2D eigenvalue weighted by Gasteiger charge is 2.42. The van der Waals surface area contributed by atoms with Crippen molar-refractivity contribution >= 4 is 23.5 Å². The molecule has 7 heteroatoms. The van der Waals surface area contributed by atoms with Gasteiger partial charge in [0.25, 0.3) is 0 Å². The van der Waals surface area contributed by atoms with Crippen LogP contribution in [0.5, 0.6) is 5.75 Å². The molecule has 0 aromatic heterocycles. The number of hydrogen-bond donors (Lipinski definition) is 1. The molecule has 134 valence electrons. The van der Waals surface area contributed by atoms with Crippen LogP contribution in [0.1, 0.15) is 13.3 Å². The Balaban J connectivity index is 1.67. The normalized spacial score (nSPS) is 26.2. The lowest BCUT2D eigenvalue weighted by atomic mass is 9.99. The molecule has 2 aliphatic rings. The predicted octanol–water partition coefficient (Wildman–Crippen LogP) is 1.23. The first-order valence-corrected chi connectivity index (χ1v) is 8.36. The van der Waals surface area contributed by atoms with Crippen molar-refractivity contribution < 1.29 is 24.2 Å². The van der Waals surface area contributed by atoms with Crippen LogP contribution in [-0.2, 0) is 14.4 Å². The van der Waals surface area contributed by atoms with Gasteiger partial charge in [0.2, 0.25) is 11.8 Å². The summed E-state index contributed by atoms with van der Waals surface area (Å²) in [7, 11) is 1.58. The van der Waals surface area contributed by atoms with Gasteiger partial charge in [-0.05, 0) is 30.2 Å². The second-order valence-electron chi connectivity index (χ2n) is 6.77. The number of likely N-dealkylation sites (tertiary alicyclic amines) is 1. The molecule has 0 bridgehead atoms. The van der Waals surface area contributed by atoms with Gasteiger partial charge >= 0.3 is 5.97 Å². The molecular weight excluding hydrogens is 324 g/mol. The molecule has 0 spiro atoms. The van der Waals surface area contributed by atoms with Gasteiger partial charge in [-0.15, -0.1) is 0 Å². The Labute approximate surface area is 146 Å². The summed E-state index contributed by atoms with van der Waals surface area (Å²) in [5.74, 6) is -1.41. The maximum absolute atomic E-state index is 12.7. The highest BCUT2D eigenvalue weighted by Crippen LogP contribution is 2.30. The van der Waals surface area contributed by atoms with Crippen molar-refractivity contribution in [2.24, 2.45) is 17.8 Å². The van der Waals surface area contributed by atoms with Crippen LogP contribution in [0.2, 0.25) is 0 Å². The van der Waals surface area contributed by atoms with Gasteiger partial charge in [-0.3, -0.25) is 14.4 Å². The fourth-order valence-corrected chi connectivity index (χ4v) is 3.61. The van der Waals surface area contributed by atoms with E-state index in [1.165, 1.54) is 0 Å². The van der Waals surface area contributed by atoms with E-state index in [-0.39, 0.29) is 30.7 Å². The standard InChI is InChI=1S/C18H22N2O5/c1-11-8-19(10-15(11)18(23)24)17(22)12-7-16(21)20(9-12)13-3-5-14(25-2)6-4-13/h3-6,11-12,15H,7-10H2,1-2H3,(H,23,24)/t11-,12?,15-/m1/s1. The van der Waals surface area contributed by atoms with Crippen LogP contribution >= 0.6 is 0 Å². The minimum Gasteiger partial charge on any atom is -0.497 e. The van der Waals surface area contributed by atoms with Crippen molar-refractivity contribution in [2.75, 3.05) is 31.6 Å². The van der Waals surface area contributed by atoms with E-state index in [1.807, 2.05) is 6.92 Å². The lowest BCUT2D eigenvalue weighted by Gasteiger charge is -2.21. The highest BCUT2D eigenvalue weighted by atomic mass is 16.5. The average Bonchev–Trinajstić information content (AvgIpc) is 3.17. The zero-order valence-corrected chi connectivity index (χ0v) is 14.3. The number of carbonyl (C=O) groups is 3. The lowest BCUT2D eigenvalue weighted by Crippen LogP contribution is -2.36. The summed E-state index contributed by atoms with van der Waals surface area (Å²) in [4.78, 5) is 39.5. The van der Waals surface area contributed by atoms with E-state index in [4.69, 9.17) is 4.74 Å². The van der Waals surface area contributed by atoms with Crippen molar-refractivity contribution in [3.8, 4) is 5.75 Å². The summed E-state index contributed by atoms with van der Waals surface area (Å²) in [5, 5.41) is 9.21. The first-order chi connectivity index (χ1) is 11.9. The van der Waals surface area contributed by atoms with Crippen LogP contribution in [-0.4, -0.2) is 54.5 Å². The summed E-state index contributed by atoms with van der Waals surface area (Å²) < 4.78 is 5.11. The molecule has 2 amide bonds. The number of aliphatic carboxylic acids is 1. The third-order valence-corrected chi connectivity index (χ3v) is 5.10. The van der Waals surface area contributed by atoms with E-state index in [1.54, 1.807) is 41.2 Å². The first kappa shape index (κ1) is 17.3. The molecule has 25 heavy (non-hydrogen) atoms. The summed E-state index contributed by atoms with van der Waals surface area (Å²) in [5.41, 5.74) is 0.735. The molecule has 7 nitrogen and oxygen atoms in total. The molecule has 2 heterocycles. The molecule has 0 saturated carbocycles. The zero-order valence-electron chi connectivity index (χ0n) is 14.3. The average molecular weight is 346 g/mol. The van der Waals surface area contributed by atoms with E-state index in [0.717, 1.165) is 5.69 Å². The quantitative estimate of drug-likeness (QED) is 0.886. The number of anilines is 1. The summed E-state index contributed by atoms with van der Waals surface area (Å²) in [6.07, 6.45) is 0.160. The number of benzene rings is 1. The number of rotatable bonds is 4. The molecule has 2 saturated heterocycles. The van der Waals surface area contributed by atoms with E-state index in [9.17, 15) is 19.5 Å². The fraction of sp³-hybridized carbons (Fsp3) is 0.500. The van der Waals surface area contributed by atoms with Gasteiger partial charge in [0.05, 0.1) is 18.9 Å². The number of nitrogens with zero attached hydrogens (tertiary/aromatic N) is 2. The number of hydrogen-bond acceptors (Lipinski definition) is 4. The van der Waals surface area contributed by atoms with Gasteiger partial charge in [-0.1, -0.05) is 6.92 Å². The van der Waals surface area contributed by atoms with Crippen LogP contribution in [0.25, 0.3) is 0 Å². The van der Waals surface area contributed by atoms with Crippen LogP contribution in [0.4, 0.5) is 5.69 Å². The Morgan fingerprint density at radius 3 is 2.40 bits per heavy atom. The molecule has 0 aliphatic carbocycles. The largest absolute Gasteiger partial charge is 0.497 e. The van der Waals surface area contributed by atoms with Gasteiger partial charge < -0.3 is 19.6 Å². The molecule has 1 N–H and O–H groups in total. The molecule has 0 radical (unpaired) electrons. The SMILES string of the molecule is COc1ccc(N2CC(C(=O)N3C[C@@H](C)[C@H](C(=O)O)C3)CC2=O)cc1. The minimum atomic E-state index is -0.870. The van der Waals surface area contributed by atoms with E-state index < -0.39 is 17.8 Å². The Morgan fingerprint density at radius 2 is 1.84 bits per heavy atom. The molecule has 1 unspecified atom stereocenters. The number of amides is 2. The van der Waals surface area contributed by atoms with Crippen molar-refractivity contribution in [3.63, 3.8) is 0 Å². The first-order valence-electron chi connectivity index (χ1n) is 8.36. The van der Waals surface area contributed by atoms with Crippen molar-refractivity contribution in [1.82, 2.24) is 4.90 Å². The molecule has 3 rings (SSSR count). The monoisotopic (exact) mass is 346 g/mol. The molecular formula is C18H22N2O5. The number of ether oxygens (including phenoxy) is 1. The van der Waals surface area contributed by atoms with Gasteiger partial charge in [0.15, 0.2) is 0 Å². The van der Waals surface area contributed by atoms with Crippen molar-refractivity contribution in [2.45, 2.75) is 13.3 Å². The summed E-state index contributed by atoms with van der Waals surface area (Å²) in [6, 6.07) is 7.14. The van der Waals surface area contributed by atoms with E-state index in [2.05, 4.69) is 0 Å². The smallest absolute Gasteiger partial charge is 0.308 e. The number of carbonyl (C=O) groups excluding carboxylic acids is 2. The summed E-state index contributed by atoms with van der Waals surface area (Å²) >= 11 is 0. The van der Waals surface area contributed by atoms with Crippen molar-refractivity contribution in [3.05, 3.63) is 24.3 Å². The third-order valence-electron chi connectivity index (χ3n) is 5.10. The fourth-order valence-electron chi connectivity index (χ4n) is 3.61. The molecule has 1 aromatic rings. The van der Waals surface area contributed by atoms with Crippen LogP contribution in [0.3, 0.4) is 0 Å². The second-order valence-corrected chi connectivity index (χ2v) is 6.77. The van der Waals surface area contributed by atoms with Gasteiger partial charge in [-0.2, -0.15) is 0 Å². The van der Waals surface area contributed by atoms with E-state index >= 15 is 0 Å². The lowest BCUT2D eigenvalue weighted by molar-refractivity contribution is -0.142. The minimum absolute atomic E-state index is 0.0729. The molecule has 1 aromatic carbocycles. The molecule has 3 atom stereocenters. The Hall–Kier alpha value is -2.57. The number of carboxylic acid groups (broad SMARTS) is 1. The van der Waals surface area contributed by atoms with Crippen LogP contribution in [0, 0.1) is 17.8 Å². The predicted molar refractivity (Wildman–Crippen MR) is 90.3 cm³/mol. The Morgan fingerprint density at radius 1 is 1.16 bits per heavy atom. The van der Waals surface area contributed by atoms with Gasteiger partial charge in [-0.25, -0.2) is 0 Å². The zero-order chi connectivity index (χ0) is 18.1. The van der Waals surface area contributed by atoms with E-state index in [0.29, 0.717) is 18.8 Å². The van der Waals surface area contributed by atoms with Crippen LogP contribution in [0.15, 0.2) is 24.3 Å². The molecule has 2 fully saturated rings. The second kappa shape index (κ2) is 6.74. The maximum Gasteiger partial charge on any atom is 0.308 e. The van der Waals surface area contributed by atoms with Gasteiger partial charge in [0, 0.05) is 31.7 Å². The number of carboxylic acids is 1.